The van der Waals surface area contributed by atoms with E-state index in [-0.39, 0.29) is 17.7 Å². The lowest BCUT2D eigenvalue weighted by molar-refractivity contribution is -0.142. The highest BCUT2D eigenvalue weighted by atomic mass is 35.5. The molecular weight excluding hydrogens is 863 g/mol. The van der Waals surface area contributed by atoms with E-state index < -0.39 is 25.1 Å². The summed E-state index contributed by atoms with van der Waals surface area (Å²) in [5.74, 6) is -0.444. The van der Waals surface area contributed by atoms with Crippen molar-refractivity contribution in [1.82, 2.24) is 44.5 Å². The van der Waals surface area contributed by atoms with Crippen molar-refractivity contribution in [2.75, 3.05) is 17.2 Å². The van der Waals surface area contributed by atoms with Crippen molar-refractivity contribution in [2.45, 2.75) is 51.1 Å². The number of rotatable bonds is 8. The Kier molecular flexibility index (Phi) is 10.7. The molecule has 8 aromatic heterocycles. The Bertz CT molecular complexity index is 2950. The lowest BCUT2D eigenvalue weighted by atomic mass is 9.87. The third kappa shape index (κ3) is 8.01. The fraction of sp³-hybridized carbons (Fsp3) is 0.282. The first kappa shape index (κ1) is 39.8. The summed E-state index contributed by atoms with van der Waals surface area (Å²) in [5.41, 5.74) is 5.44. The van der Waals surface area contributed by atoms with E-state index in [9.17, 15) is 27.9 Å². The number of carboxylic acids is 1. The number of thiophene rings is 2. The Morgan fingerprint density at radius 2 is 1.28 bits per heavy atom. The van der Waals surface area contributed by atoms with Crippen LogP contribution >= 0.6 is 45.9 Å². The van der Waals surface area contributed by atoms with Crippen LogP contribution in [0.4, 0.5) is 36.2 Å². The largest absolute Gasteiger partial charge is 0.481 e. The molecule has 0 saturated carbocycles. The predicted octanol–water partition coefficient (Wildman–Crippen LogP) is 8.84. The summed E-state index contributed by atoms with van der Waals surface area (Å²) in [5, 5.41) is 29.6. The van der Waals surface area contributed by atoms with Crippen molar-refractivity contribution in [3.8, 4) is 0 Å². The molecule has 60 heavy (non-hydrogen) atoms. The van der Waals surface area contributed by atoms with Crippen molar-refractivity contribution < 1.29 is 27.9 Å². The Hall–Kier alpha value is -5.63. The van der Waals surface area contributed by atoms with Gasteiger partial charge in [0.05, 0.1) is 55.6 Å². The summed E-state index contributed by atoms with van der Waals surface area (Å²) in [6.07, 6.45) is 8.06. The van der Waals surface area contributed by atoms with Gasteiger partial charge < -0.3 is 21.1 Å². The number of carbonyl (C=O) groups excluding carboxylic acids is 1. The number of alkyl halides is 3. The van der Waals surface area contributed by atoms with Crippen LogP contribution in [0.5, 0.6) is 0 Å². The van der Waals surface area contributed by atoms with Crippen LogP contribution in [0.15, 0.2) is 61.7 Å². The molecule has 2 aliphatic rings. The molecule has 8 heterocycles. The fourth-order valence-electron chi connectivity index (χ4n) is 7.64. The second-order valence-electron chi connectivity index (χ2n) is 14.4. The van der Waals surface area contributed by atoms with Gasteiger partial charge in [0.15, 0.2) is 0 Å². The number of aromatic nitrogens is 8. The van der Waals surface area contributed by atoms with E-state index in [2.05, 4.69) is 46.1 Å². The summed E-state index contributed by atoms with van der Waals surface area (Å²) >= 11 is 15.9. The number of carbonyl (C=O) groups is 2. The third-order valence-electron chi connectivity index (χ3n) is 10.6. The summed E-state index contributed by atoms with van der Waals surface area (Å²) in [4.78, 5) is 45.2. The van der Waals surface area contributed by atoms with E-state index in [1.165, 1.54) is 24.0 Å². The zero-order valence-corrected chi connectivity index (χ0v) is 34.3. The van der Waals surface area contributed by atoms with Gasteiger partial charge in [0.1, 0.15) is 34.0 Å². The zero-order valence-electron chi connectivity index (χ0n) is 31.1. The molecule has 10 rings (SSSR count). The number of nitrogens with zero attached hydrogens (tertiary/aromatic N) is 8. The van der Waals surface area contributed by atoms with Gasteiger partial charge in [-0.1, -0.05) is 23.2 Å². The smallest absolute Gasteiger partial charge is 0.390 e. The number of fused-ring (bicyclic) bond motifs is 8. The van der Waals surface area contributed by atoms with E-state index in [0.29, 0.717) is 65.9 Å². The number of anilines is 4. The Morgan fingerprint density at radius 1 is 0.783 bits per heavy atom. The molecule has 0 aromatic carbocycles. The molecular formula is C39H32Cl2F3N11O3S2. The van der Waals surface area contributed by atoms with Gasteiger partial charge in [-0.3, -0.25) is 9.59 Å². The van der Waals surface area contributed by atoms with Gasteiger partial charge in [-0.05, 0) is 73.9 Å². The van der Waals surface area contributed by atoms with Gasteiger partial charge in [0, 0.05) is 47.0 Å². The molecule has 21 heteroatoms. The highest BCUT2D eigenvalue weighted by Crippen LogP contribution is 2.43. The molecule has 0 saturated heterocycles. The Balaban J connectivity index is 0.000000157. The van der Waals surface area contributed by atoms with Crippen molar-refractivity contribution in [2.24, 2.45) is 11.8 Å². The average molecular weight is 895 g/mol. The first-order chi connectivity index (χ1) is 28.9. The molecule has 8 aromatic rings. The molecule has 0 spiro atoms. The normalized spacial score (nSPS) is 16.4. The molecule has 14 nitrogen and oxygen atoms in total. The van der Waals surface area contributed by atoms with E-state index in [1.807, 2.05) is 24.3 Å². The zero-order chi connectivity index (χ0) is 41.7. The van der Waals surface area contributed by atoms with Crippen LogP contribution in [-0.4, -0.2) is 68.9 Å². The number of nitrogens with one attached hydrogen (secondary N) is 3. The SMILES string of the molecule is O=C(NCCC(F)(F)F)[C@H]1CCc2c(sc3ncnc(Nc4cc5ccnn5cc4Cl)c23)C1.O=C(O)[C@H]1CCc2c(sc3ncnc(Nc4cc5ccnn5cc4Cl)c23)C1. The van der Waals surface area contributed by atoms with Crippen molar-refractivity contribution in [3.05, 3.63) is 92.6 Å². The van der Waals surface area contributed by atoms with Gasteiger partial charge in [-0.2, -0.15) is 23.4 Å². The molecule has 2 atom stereocenters. The number of carboxylic acid groups (broad SMARTS) is 1. The van der Waals surface area contributed by atoms with Crippen LogP contribution in [0.3, 0.4) is 0 Å². The summed E-state index contributed by atoms with van der Waals surface area (Å²) in [6, 6.07) is 7.56. The number of aliphatic carboxylic acids is 1. The topological polar surface area (TPSA) is 177 Å². The molecule has 4 N–H and O–H groups in total. The maximum absolute atomic E-state index is 12.4. The number of amides is 1. The van der Waals surface area contributed by atoms with Gasteiger partial charge in [0.2, 0.25) is 5.91 Å². The van der Waals surface area contributed by atoms with Gasteiger partial charge in [0.25, 0.3) is 0 Å². The number of halogens is 5. The minimum atomic E-state index is -4.29. The molecule has 2 aliphatic carbocycles. The van der Waals surface area contributed by atoms with Gasteiger partial charge in [-0.15, -0.1) is 22.7 Å². The van der Waals surface area contributed by atoms with Gasteiger partial charge >= 0.3 is 12.1 Å². The van der Waals surface area contributed by atoms with Crippen LogP contribution in [0.25, 0.3) is 31.5 Å². The third-order valence-corrected chi connectivity index (χ3v) is 13.5. The van der Waals surface area contributed by atoms with E-state index >= 15 is 0 Å². The van der Waals surface area contributed by atoms with E-state index in [4.69, 9.17) is 23.2 Å². The molecule has 0 unspecified atom stereocenters. The van der Waals surface area contributed by atoms with Crippen LogP contribution < -0.4 is 16.0 Å². The number of pyridine rings is 2. The molecule has 0 bridgehead atoms. The number of hydrogen-bond acceptors (Lipinski definition) is 12. The summed E-state index contributed by atoms with van der Waals surface area (Å²) in [6.45, 7) is -0.403. The lowest BCUT2D eigenvalue weighted by Gasteiger charge is -2.22. The maximum atomic E-state index is 12.4. The highest BCUT2D eigenvalue weighted by molar-refractivity contribution is 7.19. The standard InChI is InChI=1S/C21H18ClF3N6OS.C18H14ClN5O2S/c22-14-9-31-12(3-5-29-31)8-15(14)30-18-17-13-2-1-11(19(32)26-6-4-21(23,24)25)7-16(13)33-20(17)28-10-27-18;19-12-7-24-10(3-4-22-24)6-13(12)23-16-15-11-2-1-9(18(25)26)5-14(11)27-17(15)21-8-20-16/h3,5,8-11H,1-2,4,6-7H2,(H,26,32)(H,27,28,30);3-4,6-9H,1-2,5H2,(H,25,26)(H,20,21,23)/t11-;9-/m00/s1. The number of aryl methyl sites for hydroxylation is 2. The summed E-state index contributed by atoms with van der Waals surface area (Å²) < 4.78 is 40.5. The van der Waals surface area contributed by atoms with Crippen LogP contribution in [0.1, 0.15) is 40.1 Å². The highest BCUT2D eigenvalue weighted by Gasteiger charge is 2.32. The van der Waals surface area contributed by atoms with Crippen molar-refractivity contribution >= 4 is 112 Å². The molecule has 0 fully saturated rings. The first-order valence-electron chi connectivity index (χ1n) is 18.8. The minimum Gasteiger partial charge on any atom is -0.481 e. The molecule has 0 radical (unpaired) electrons. The monoisotopic (exact) mass is 893 g/mol. The first-order valence-corrected chi connectivity index (χ1v) is 21.1. The average Bonchev–Trinajstić information content (AvgIpc) is 4.02. The van der Waals surface area contributed by atoms with E-state index in [1.54, 1.807) is 45.2 Å². The second-order valence-corrected chi connectivity index (χ2v) is 17.4. The second kappa shape index (κ2) is 16.1. The molecule has 0 aliphatic heterocycles. The van der Waals surface area contributed by atoms with Crippen LogP contribution in [-0.2, 0) is 35.3 Å². The van der Waals surface area contributed by atoms with Crippen molar-refractivity contribution in [3.63, 3.8) is 0 Å². The maximum Gasteiger partial charge on any atom is 0.390 e. The van der Waals surface area contributed by atoms with E-state index in [0.717, 1.165) is 58.0 Å². The Labute approximate surface area is 355 Å². The van der Waals surface area contributed by atoms with Crippen molar-refractivity contribution in [1.29, 1.82) is 0 Å². The van der Waals surface area contributed by atoms with Crippen LogP contribution in [0, 0.1) is 11.8 Å². The molecule has 308 valence electrons. The number of hydrogen-bond donors (Lipinski definition) is 4. The lowest BCUT2D eigenvalue weighted by Crippen LogP contribution is -2.35. The fourth-order valence-corrected chi connectivity index (χ4v) is 10.6. The summed E-state index contributed by atoms with van der Waals surface area (Å²) in [7, 11) is 0. The molecule has 1 amide bonds. The van der Waals surface area contributed by atoms with Crippen LogP contribution in [0.2, 0.25) is 10.0 Å². The predicted molar refractivity (Wildman–Crippen MR) is 224 cm³/mol. The minimum absolute atomic E-state index is 0.325. The quantitative estimate of drug-likeness (QED) is 0.115. The Morgan fingerprint density at radius 3 is 1.78 bits per heavy atom. The van der Waals surface area contributed by atoms with Gasteiger partial charge in [-0.25, -0.2) is 29.0 Å².